The van der Waals surface area contributed by atoms with Gasteiger partial charge in [0.15, 0.2) is 0 Å². The largest absolute Gasteiger partial charge is 0.347 e. The third kappa shape index (κ3) is 4.20. The van der Waals surface area contributed by atoms with Gasteiger partial charge in [-0.3, -0.25) is 4.90 Å². The number of hydrogen-bond donors (Lipinski definition) is 2. The Morgan fingerprint density at radius 2 is 1.74 bits per heavy atom. The maximum Gasteiger partial charge on any atom is 0.317 e. The first-order chi connectivity index (χ1) is 16.6. The van der Waals surface area contributed by atoms with Crippen molar-refractivity contribution in [2.24, 2.45) is 17.8 Å². The molecule has 7 nitrogen and oxygen atoms in total. The monoisotopic (exact) mass is 458 g/mol. The van der Waals surface area contributed by atoms with E-state index < -0.39 is 0 Å². The standard InChI is InChI=1S/C27H34N6O/c28-16-20-3-1-19(2-4-20)12-25(24-17-29-18-30-24)32-5-7-33(8-6-32)26(34)31-27-13-21-9-22(14-27)11-23(10-21)15-27/h1-4,17-18,21-23,25H,5-15H2,(H,29,30)(H,31,34). The van der Waals surface area contributed by atoms with E-state index in [1.165, 1.54) is 44.1 Å². The SMILES string of the molecule is N#Cc1ccc(CC(c2cnc[nH]2)N2CCN(C(=O)NC34CC5CC(CC(C5)C3)C4)CC2)cc1. The van der Waals surface area contributed by atoms with Gasteiger partial charge in [-0.2, -0.15) is 5.26 Å². The number of urea groups is 1. The first kappa shape index (κ1) is 21.7. The average molecular weight is 459 g/mol. The quantitative estimate of drug-likeness (QED) is 0.712. The molecule has 2 heterocycles. The van der Waals surface area contributed by atoms with Crippen LogP contribution in [0.5, 0.6) is 0 Å². The summed E-state index contributed by atoms with van der Waals surface area (Å²) in [5, 5.41) is 12.6. The van der Waals surface area contributed by atoms with Gasteiger partial charge in [-0.1, -0.05) is 12.1 Å². The third-order valence-electron chi connectivity index (χ3n) is 8.84. The van der Waals surface area contributed by atoms with Crippen LogP contribution in [0.1, 0.15) is 61.4 Å². The Hall–Kier alpha value is -2.85. The molecule has 0 radical (unpaired) electrons. The summed E-state index contributed by atoms with van der Waals surface area (Å²) in [4.78, 5) is 25.3. The second-order valence-electron chi connectivity index (χ2n) is 11.2. The number of aromatic amines is 1. The minimum absolute atomic E-state index is 0.0665. The number of nitrogens with zero attached hydrogens (tertiary/aromatic N) is 4. The molecule has 34 heavy (non-hydrogen) atoms. The van der Waals surface area contributed by atoms with Gasteiger partial charge in [0.25, 0.3) is 0 Å². The van der Waals surface area contributed by atoms with Gasteiger partial charge in [-0.25, -0.2) is 9.78 Å². The summed E-state index contributed by atoms with van der Waals surface area (Å²) in [6.45, 7) is 3.18. The van der Waals surface area contributed by atoms with E-state index in [0.29, 0.717) is 5.56 Å². The van der Waals surface area contributed by atoms with Crippen molar-refractivity contribution in [2.75, 3.05) is 26.2 Å². The van der Waals surface area contributed by atoms with Gasteiger partial charge in [-0.15, -0.1) is 0 Å². The zero-order valence-electron chi connectivity index (χ0n) is 19.7. The Labute approximate surface area is 201 Å². The zero-order valence-corrected chi connectivity index (χ0v) is 19.7. The number of aromatic nitrogens is 2. The number of nitrogens with one attached hydrogen (secondary N) is 2. The molecule has 7 rings (SSSR count). The van der Waals surface area contributed by atoms with Gasteiger partial charge < -0.3 is 15.2 Å². The van der Waals surface area contributed by atoms with E-state index in [-0.39, 0.29) is 17.6 Å². The lowest BCUT2D eigenvalue weighted by Gasteiger charge is -2.57. The summed E-state index contributed by atoms with van der Waals surface area (Å²) in [7, 11) is 0. The highest BCUT2D eigenvalue weighted by molar-refractivity contribution is 5.75. The number of amides is 2. The normalized spacial score (nSPS) is 31.3. The fraction of sp³-hybridized carbons (Fsp3) is 0.593. The molecule has 178 valence electrons. The minimum atomic E-state index is 0.0665. The molecule has 5 aliphatic rings. The third-order valence-corrected chi connectivity index (χ3v) is 8.84. The lowest BCUT2D eigenvalue weighted by Crippen LogP contribution is -2.63. The Morgan fingerprint density at radius 1 is 1.09 bits per heavy atom. The van der Waals surface area contributed by atoms with E-state index in [9.17, 15) is 4.79 Å². The highest BCUT2D eigenvalue weighted by Crippen LogP contribution is 2.55. The predicted molar refractivity (Wildman–Crippen MR) is 129 cm³/mol. The molecule has 1 unspecified atom stereocenters. The van der Waals surface area contributed by atoms with Gasteiger partial charge in [0.1, 0.15) is 0 Å². The second kappa shape index (κ2) is 8.74. The molecule has 7 heteroatoms. The molecule has 4 saturated carbocycles. The second-order valence-corrected chi connectivity index (χ2v) is 11.2. The Kier molecular flexibility index (Phi) is 5.57. The van der Waals surface area contributed by atoms with E-state index in [4.69, 9.17) is 5.26 Å². The zero-order chi connectivity index (χ0) is 23.1. The summed E-state index contributed by atoms with van der Waals surface area (Å²) in [6, 6.07) is 10.3. The Bertz CT molecular complexity index is 1010. The van der Waals surface area contributed by atoms with Crippen LogP contribution >= 0.6 is 0 Å². The lowest BCUT2D eigenvalue weighted by atomic mass is 9.53. The van der Waals surface area contributed by atoms with Crippen LogP contribution in [-0.4, -0.2) is 57.5 Å². The van der Waals surface area contributed by atoms with Crippen molar-refractivity contribution in [3.63, 3.8) is 0 Å². The van der Waals surface area contributed by atoms with Crippen molar-refractivity contribution in [2.45, 2.75) is 56.5 Å². The van der Waals surface area contributed by atoms with Crippen molar-refractivity contribution in [1.82, 2.24) is 25.1 Å². The van der Waals surface area contributed by atoms with Crippen LogP contribution in [0, 0.1) is 29.1 Å². The van der Waals surface area contributed by atoms with Crippen LogP contribution < -0.4 is 5.32 Å². The number of hydrogen-bond acceptors (Lipinski definition) is 4. The van der Waals surface area contributed by atoms with E-state index >= 15 is 0 Å². The molecule has 4 aliphatic carbocycles. The first-order valence-corrected chi connectivity index (χ1v) is 12.9. The molecule has 5 fully saturated rings. The number of carbonyl (C=O) groups is 1. The molecule has 4 bridgehead atoms. The minimum Gasteiger partial charge on any atom is -0.347 e. The maximum atomic E-state index is 13.3. The van der Waals surface area contributed by atoms with Gasteiger partial charge in [0, 0.05) is 37.9 Å². The molecule has 1 saturated heterocycles. The van der Waals surface area contributed by atoms with Crippen molar-refractivity contribution in [3.05, 3.63) is 53.6 Å². The van der Waals surface area contributed by atoms with Gasteiger partial charge >= 0.3 is 6.03 Å². The number of imidazole rings is 1. The summed E-state index contributed by atoms with van der Waals surface area (Å²) >= 11 is 0. The summed E-state index contributed by atoms with van der Waals surface area (Å²) in [5.74, 6) is 2.50. The summed E-state index contributed by atoms with van der Waals surface area (Å²) in [5.41, 5.74) is 3.04. The fourth-order valence-corrected chi connectivity index (χ4v) is 7.63. The van der Waals surface area contributed by atoms with Crippen molar-refractivity contribution in [1.29, 1.82) is 5.26 Å². The molecule has 2 aromatic rings. The summed E-state index contributed by atoms with van der Waals surface area (Å²) < 4.78 is 0. The van der Waals surface area contributed by atoms with Crippen LogP contribution in [0.2, 0.25) is 0 Å². The van der Waals surface area contributed by atoms with Crippen LogP contribution in [0.25, 0.3) is 0 Å². The highest BCUT2D eigenvalue weighted by Gasteiger charge is 2.51. The lowest BCUT2D eigenvalue weighted by molar-refractivity contribution is -0.0168. The molecular weight excluding hydrogens is 424 g/mol. The highest BCUT2D eigenvalue weighted by atomic mass is 16.2. The molecule has 1 aliphatic heterocycles. The van der Waals surface area contributed by atoms with E-state index in [1.54, 1.807) is 6.33 Å². The predicted octanol–water partition coefficient (Wildman–Crippen LogP) is 3.86. The van der Waals surface area contributed by atoms with Crippen LogP contribution in [-0.2, 0) is 6.42 Å². The van der Waals surface area contributed by atoms with Crippen LogP contribution in [0.3, 0.4) is 0 Å². The number of piperazine rings is 1. The van der Waals surface area contributed by atoms with Gasteiger partial charge in [0.2, 0.25) is 0 Å². The number of H-pyrrole nitrogens is 1. The number of nitriles is 1. The van der Waals surface area contributed by atoms with E-state index in [0.717, 1.165) is 56.0 Å². The van der Waals surface area contributed by atoms with Crippen molar-refractivity contribution in [3.8, 4) is 6.07 Å². The van der Waals surface area contributed by atoms with Crippen molar-refractivity contribution < 1.29 is 4.79 Å². The molecule has 2 N–H and O–H groups in total. The van der Waals surface area contributed by atoms with E-state index in [2.05, 4.69) is 26.3 Å². The first-order valence-electron chi connectivity index (χ1n) is 12.9. The van der Waals surface area contributed by atoms with Gasteiger partial charge in [-0.05, 0) is 80.4 Å². The molecule has 0 spiro atoms. The maximum absolute atomic E-state index is 13.3. The van der Waals surface area contributed by atoms with Crippen LogP contribution in [0.15, 0.2) is 36.8 Å². The van der Waals surface area contributed by atoms with Gasteiger partial charge in [0.05, 0.1) is 29.7 Å². The number of rotatable bonds is 5. The number of benzene rings is 1. The topological polar surface area (TPSA) is 88.1 Å². The van der Waals surface area contributed by atoms with Crippen LogP contribution in [0.4, 0.5) is 4.79 Å². The Morgan fingerprint density at radius 3 is 2.29 bits per heavy atom. The molecule has 1 aromatic heterocycles. The summed E-state index contributed by atoms with van der Waals surface area (Å²) in [6.07, 6.45) is 12.2. The number of carbonyl (C=O) groups excluding carboxylic acids is 1. The van der Waals surface area contributed by atoms with Crippen molar-refractivity contribution >= 4 is 6.03 Å². The molecule has 1 atom stereocenters. The molecular formula is C27H34N6O. The van der Waals surface area contributed by atoms with E-state index in [1.807, 2.05) is 35.4 Å². The smallest absolute Gasteiger partial charge is 0.317 e. The molecule has 2 amide bonds. The average Bonchev–Trinajstić information content (AvgIpc) is 3.36. The Balaban J connectivity index is 1.09. The fourth-order valence-electron chi connectivity index (χ4n) is 7.63. The molecule has 1 aromatic carbocycles.